The van der Waals surface area contributed by atoms with Crippen LogP contribution in [0.2, 0.25) is 0 Å². The van der Waals surface area contributed by atoms with E-state index in [1.807, 2.05) is 0 Å². The molecule has 8 atom stereocenters. The van der Waals surface area contributed by atoms with Crippen molar-refractivity contribution in [2.45, 2.75) is 30.8 Å². The standard InChI is InChI=1S/C11H20N5O13P3S/c1-15-3-16(8-5(15)9(19)14-11(12)13-8)10-7(18)6(17)4(27-10)2-26-32(25,33)29-31(23,24)28-30(20,21)22/h3-4,6-7,9-10,17-19H,2H2,1H3,(H6-,12,13,14,20,21,22,23,24,25,33)/t4-,6-,7-,9?,10-,32?/m1/s1. The van der Waals surface area contributed by atoms with Gasteiger partial charge in [0, 0.05) is 0 Å². The van der Waals surface area contributed by atoms with Gasteiger partial charge >= 0.3 is 14.5 Å². The largest absolute Gasteiger partial charge is 0.756 e. The van der Waals surface area contributed by atoms with Crippen LogP contribution in [-0.4, -0.2) is 65.4 Å². The fourth-order valence-electron chi connectivity index (χ4n) is 3.14. The first-order valence-corrected chi connectivity index (χ1v) is 14.2. The number of nitrogens with two attached hydrogens (primary N) is 1. The average Bonchev–Trinajstić information content (AvgIpc) is 3.07. The molecule has 2 aliphatic heterocycles. The number of guanidine groups is 1. The van der Waals surface area contributed by atoms with E-state index in [1.165, 1.54) is 15.5 Å². The second-order valence-corrected chi connectivity index (χ2v) is 12.6. The Bertz CT molecular complexity index is 1090. The number of nitrogens with one attached hydrogen (secondary N) is 1. The number of hydrogen-bond acceptors (Lipinski definition) is 14. The normalized spacial score (nSPS) is 32.7. The van der Waals surface area contributed by atoms with Crippen LogP contribution in [0.5, 0.6) is 0 Å². The van der Waals surface area contributed by atoms with Gasteiger partial charge in [0.05, 0.1) is 13.7 Å². The minimum atomic E-state index is -5.72. The van der Waals surface area contributed by atoms with E-state index in [9.17, 15) is 39.1 Å². The summed E-state index contributed by atoms with van der Waals surface area (Å²) in [5, 5.41) is 33.6. The summed E-state index contributed by atoms with van der Waals surface area (Å²) in [7, 11) is -9.73. The van der Waals surface area contributed by atoms with Crippen LogP contribution in [0.25, 0.3) is 0 Å². The van der Waals surface area contributed by atoms with Crippen LogP contribution in [0.4, 0.5) is 5.82 Å². The minimum Gasteiger partial charge on any atom is -0.756 e. The number of nitrogens with zero attached hydrogens (tertiary/aromatic N) is 3. The van der Waals surface area contributed by atoms with Crippen molar-refractivity contribution < 1.29 is 66.5 Å². The summed E-state index contributed by atoms with van der Waals surface area (Å²) in [6.45, 7) is -5.44. The highest BCUT2D eigenvalue weighted by Crippen LogP contribution is 2.65. The molecule has 1 saturated heterocycles. The van der Waals surface area contributed by atoms with Crippen LogP contribution in [0.1, 0.15) is 18.1 Å². The zero-order valence-electron chi connectivity index (χ0n) is 16.4. The van der Waals surface area contributed by atoms with Gasteiger partial charge in [-0.1, -0.05) is 0 Å². The van der Waals surface area contributed by atoms with E-state index in [2.05, 4.69) is 30.7 Å². The summed E-state index contributed by atoms with van der Waals surface area (Å²) in [6, 6.07) is 0. The van der Waals surface area contributed by atoms with Gasteiger partial charge in [-0.05, 0) is 11.8 Å². The molecule has 0 bridgehead atoms. The molecule has 0 aliphatic carbocycles. The maximum Gasteiger partial charge on any atom is 0.485 e. The Morgan fingerprint density at radius 1 is 1.30 bits per heavy atom. The third-order valence-corrected chi connectivity index (χ3v) is 9.05. The molecule has 0 aromatic carbocycles. The van der Waals surface area contributed by atoms with Gasteiger partial charge in [-0.2, -0.15) is 4.99 Å². The predicted molar refractivity (Wildman–Crippen MR) is 106 cm³/mol. The van der Waals surface area contributed by atoms with Gasteiger partial charge in [0.15, 0.2) is 6.33 Å². The Morgan fingerprint density at radius 2 is 1.94 bits per heavy atom. The van der Waals surface area contributed by atoms with E-state index in [-0.39, 0.29) is 17.5 Å². The number of fused-ring (bicyclic) bond motifs is 1. The third-order valence-electron chi connectivity index (χ3n) is 4.36. The van der Waals surface area contributed by atoms with Crippen LogP contribution in [0, 0.1) is 0 Å². The fraction of sp³-hybridized carbons (Fsp3) is 0.636. The predicted octanol–water partition coefficient (Wildman–Crippen LogP) is -3.51. The number of rotatable bonds is 8. The van der Waals surface area contributed by atoms with Crippen molar-refractivity contribution in [3.8, 4) is 0 Å². The molecule has 3 heterocycles. The first-order valence-electron chi connectivity index (χ1n) is 8.66. The van der Waals surface area contributed by atoms with Crippen molar-refractivity contribution in [1.29, 1.82) is 0 Å². The van der Waals surface area contributed by atoms with Crippen LogP contribution in [0.15, 0.2) is 11.3 Å². The molecule has 18 nitrogen and oxygen atoms in total. The SMILES string of the molecule is Cn1c[n+]([C@@H]2O[C@H](COP(O)(=S)OP(=O)(O)OP(=O)([O-])O)[C@@H](O)[C@H]2O)c2c1C(O)N=C(N)N2. The number of aliphatic imine (C=N–C) groups is 1. The molecular formula is C11H20N5O13P3S. The highest BCUT2D eigenvalue weighted by atomic mass is 32.5. The van der Waals surface area contributed by atoms with Crippen molar-refractivity contribution in [2.24, 2.45) is 17.8 Å². The molecule has 22 heteroatoms. The lowest BCUT2D eigenvalue weighted by atomic mass is 10.1. The summed E-state index contributed by atoms with van der Waals surface area (Å²) in [5.74, 6) is 0.0810. The number of aromatic nitrogens is 2. The highest BCUT2D eigenvalue weighted by Gasteiger charge is 2.49. The number of aliphatic hydroxyl groups excluding tert-OH is 3. The van der Waals surface area contributed by atoms with Gasteiger partial charge in [0.25, 0.3) is 19.6 Å². The van der Waals surface area contributed by atoms with E-state index in [0.717, 1.165) is 0 Å². The Morgan fingerprint density at radius 3 is 2.55 bits per heavy atom. The van der Waals surface area contributed by atoms with Gasteiger partial charge in [-0.3, -0.25) is 9.13 Å². The zero-order valence-corrected chi connectivity index (χ0v) is 19.9. The van der Waals surface area contributed by atoms with E-state index in [4.69, 9.17) is 19.9 Å². The second kappa shape index (κ2) is 9.31. The summed E-state index contributed by atoms with van der Waals surface area (Å²) in [6.07, 6.45) is -5.72. The molecule has 9 N–H and O–H groups in total. The summed E-state index contributed by atoms with van der Waals surface area (Å²) >= 11 is 4.48. The third kappa shape index (κ3) is 6.24. The van der Waals surface area contributed by atoms with E-state index in [0.29, 0.717) is 0 Å². The average molecular weight is 555 g/mol. The van der Waals surface area contributed by atoms with E-state index in [1.54, 1.807) is 7.05 Å². The Kier molecular flexibility index (Phi) is 7.55. The van der Waals surface area contributed by atoms with E-state index < -0.39 is 59.7 Å². The number of ether oxygens (including phenoxy) is 1. The molecule has 0 radical (unpaired) electrons. The molecule has 1 fully saturated rings. The molecule has 33 heavy (non-hydrogen) atoms. The zero-order chi connectivity index (χ0) is 24.9. The smallest absolute Gasteiger partial charge is 0.485 e. The Hall–Kier alpha value is -0.850. The fourth-order valence-corrected chi connectivity index (χ4v) is 7.08. The molecule has 0 amide bonds. The summed E-state index contributed by atoms with van der Waals surface area (Å²) in [4.78, 5) is 41.9. The molecule has 4 unspecified atom stereocenters. The van der Waals surface area contributed by atoms with Crippen LogP contribution < -0.4 is 20.5 Å². The number of imidazole rings is 1. The highest BCUT2D eigenvalue weighted by molar-refractivity contribution is 8.08. The molecule has 0 saturated carbocycles. The number of anilines is 1. The van der Waals surface area contributed by atoms with Crippen LogP contribution in [-0.2, 0) is 45.9 Å². The van der Waals surface area contributed by atoms with Gasteiger partial charge in [0.1, 0.15) is 18.3 Å². The topological polar surface area (TPSA) is 275 Å². The Labute approximate surface area is 189 Å². The lowest BCUT2D eigenvalue weighted by molar-refractivity contribution is -0.753. The summed E-state index contributed by atoms with van der Waals surface area (Å²) in [5.41, 5.74) is 5.89. The van der Waals surface area contributed by atoms with Gasteiger partial charge in [-0.15, -0.1) is 0 Å². The van der Waals surface area contributed by atoms with E-state index >= 15 is 0 Å². The number of hydrogen-bond donors (Lipinski definition) is 8. The maximum absolute atomic E-state index is 11.5. The maximum atomic E-state index is 11.5. The molecule has 2 aliphatic rings. The molecule has 3 rings (SSSR count). The Balaban J connectivity index is 1.71. The lowest BCUT2D eigenvalue weighted by Crippen LogP contribution is -2.48. The van der Waals surface area contributed by atoms with Crippen molar-refractivity contribution in [2.75, 3.05) is 11.9 Å². The molecule has 1 aromatic heterocycles. The monoisotopic (exact) mass is 555 g/mol. The molecule has 0 spiro atoms. The number of phosphoric acid groups is 2. The van der Waals surface area contributed by atoms with Gasteiger partial charge < -0.3 is 49.9 Å². The minimum absolute atomic E-state index is 0.123. The van der Waals surface area contributed by atoms with Crippen molar-refractivity contribution in [3.63, 3.8) is 0 Å². The van der Waals surface area contributed by atoms with Crippen molar-refractivity contribution in [1.82, 2.24) is 4.57 Å². The van der Waals surface area contributed by atoms with Crippen molar-refractivity contribution in [3.05, 3.63) is 12.0 Å². The lowest BCUT2D eigenvalue weighted by Gasteiger charge is -2.23. The first-order chi connectivity index (χ1) is 15.0. The first kappa shape index (κ1) is 26.7. The number of aryl methyl sites for hydroxylation is 1. The van der Waals surface area contributed by atoms with Crippen LogP contribution >= 0.6 is 22.4 Å². The summed E-state index contributed by atoms with van der Waals surface area (Å²) < 4.78 is 42.7. The van der Waals surface area contributed by atoms with Gasteiger partial charge in [-0.25, -0.2) is 23.1 Å². The van der Waals surface area contributed by atoms with Gasteiger partial charge in [0.2, 0.25) is 18.1 Å². The molecular weight excluding hydrogens is 535 g/mol. The number of aliphatic hydroxyl groups is 3. The molecule has 1 aromatic rings. The second-order valence-electron chi connectivity index (χ2n) is 6.79. The molecule has 188 valence electrons. The van der Waals surface area contributed by atoms with Crippen molar-refractivity contribution >= 4 is 45.9 Å². The quantitative estimate of drug-likeness (QED) is 0.114. The van der Waals surface area contributed by atoms with Crippen LogP contribution in [0.3, 0.4) is 0 Å².